The Hall–Kier alpha value is -3.88. The van der Waals surface area contributed by atoms with Crippen molar-refractivity contribution in [3.8, 4) is 5.75 Å². The van der Waals surface area contributed by atoms with Crippen molar-refractivity contribution in [2.24, 2.45) is 0 Å². The Morgan fingerprint density at radius 2 is 1.86 bits per heavy atom. The standard InChI is InChI=1S/C26H30N4O5/c1-18(31)27-14-15-28-24(32)9-6-16-29-22-8-5-4-7-21(22)25(2,3)26(29)13-12-19-17-20(30(33)34)10-11-23(19)35-26/h4-5,7-8,10-13,17H,6,9,14-16H2,1-3H3,(H,27,31)(H,28,32). The van der Waals surface area contributed by atoms with Crippen molar-refractivity contribution in [3.05, 3.63) is 69.8 Å². The molecule has 2 amide bonds. The first-order valence-electron chi connectivity index (χ1n) is 11.7. The Bertz CT molecular complexity index is 1190. The topological polar surface area (TPSA) is 114 Å². The van der Waals surface area contributed by atoms with Gasteiger partial charge in [-0.15, -0.1) is 0 Å². The molecule has 2 aromatic carbocycles. The van der Waals surface area contributed by atoms with Crippen LogP contribution < -0.4 is 20.3 Å². The molecule has 2 N–H and O–H groups in total. The van der Waals surface area contributed by atoms with E-state index in [0.29, 0.717) is 43.8 Å². The molecule has 1 spiro atoms. The van der Waals surface area contributed by atoms with Crippen LogP contribution in [-0.4, -0.2) is 42.1 Å². The highest BCUT2D eigenvalue weighted by Crippen LogP contribution is 2.55. The molecule has 1 unspecified atom stereocenters. The highest BCUT2D eigenvalue weighted by molar-refractivity contribution is 5.77. The van der Waals surface area contributed by atoms with E-state index in [0.717, 1.165) is 11.3 Å². The average Bonchev–Trinajstić information content (AvgIpc) is 3.00. The Labute approximate surface area is 204 Å². The summed E-state index contributed by atoms with van der Waals surface area (Å²) in [5.74, 6) is 0.380. The van der Waals surface area contributed by atoms with Gasteiger partial charge in [0.05, 0.1) is 10.3 Å². The third-order valence-electron chi connectivity index (χ3n) is 6.73. The minimum atomic E-state index is -0.846. The van der Waals surface area contributed by atoms with Crippen LogP contribution in [0, 0.1) is 10.1 Å². The average molecular weight is 479 g/mol. The summed E-state index contributed by atoms with van der Waals surface area (Å²) in [6.45, 7) is 7.05. The second-order valence-electron chi connectivity index (χ2n) is 9.34. The van der Waals surface area contributed by atoms with Crippen molar-refractivity contribution in [2.75, 3.05) is 24.5 Å². The van der Waals surface area contributed by atoms with Gasteiger partial charge in [-0.2, -0.15) is 0 Å². The number of amides is 2. The van der Waals surface area contributed by atoms with Gasteiger partial charge < -0.3 is 20.3 Å². The van der Waals surface area contributed by atoms with Gasteiger partial charge in [0.25, 0.3) is 5.69 Å². The number of carbonyl (C=O) groups excluding carboxylic acids is 2. The number of benzene rings is 2. The van der Waals surface area contributed by atoms with Gasteiger partial charge in [0.15, 0.2) is 0 Å². The highest BCUT2D eigenvalue weighted by atomic mass is 16.6. The predicted molar refractivity (Wildman–Crippen MR) is 133 cm³/mol. The predicted octanol–water partition coefficient (Wildman–Crippen LogP) is 3.53. The molecular formula is C26H30N4O5. The number of nitro benzene ring substituents is 1. The van der Waals surface area contributed by atoms with Crippen LogP contribution in [0.3, 0.4) is 0 Å². The number of anilines is 1. The van der Waals surface area contributed by atoms with Crippen molar-refractivity contribution < 1.29 is 19.2 Å². The minimum Gasteiger partial charge on any atom is -0.463 e. The van der Waals surface area contributed by atoms with Crippen molar-refractivity contribution in [1.29, 1.82) is 0 Å². The van der Waals surface area contributed by atoms with E-state index < -0.39 is 16.1 Å². The molecule has 35 heavy (non-hydrogen) atoms. The molecule has 9 heteroatoms. The van der Waals surface area contributed by atoms with E-state index in [1.54, 1.807) is 6.07 Å². The fraction of sp³-hybridized carbons (Fsp3) is 0.385. The Kier molecular flexibility index (Phi) is 6.51. The summed E-state index contributed by atoms with van der Waals surface area (Å²) >= 11 is 0. The molecule has 2 heterocycles. The molecule has 0 bridgehead atoms. The summed E-state index contributed by atoms with van der Waals surface area (Å²) in [7, 11) is 0. The molecule has 0 aliphatic carbocycles. The summed E-state index contributed by atoms with van der Waals surface area (Å²) in [5, 5.41) is 16.7. The van der Waals surface area contributed by atoms with E-state index in [9.17, 15) is 19.7 Å². The molecule has 0 aromatic heterocycles. The number of ether oxygens (including phenoxy) is 1. The molecule has 1 atom stereocenters. The van der Waals surface area contributed by atoms with Gasteiger partial charge >= 0.3 is 0 Å². The number of fused-ring (bicyclic) bond motifs is 2. The van der Waals surface area contributed by atoms with Crippen molar-refractivity contribution in [1.82, 2.24) is 10.6 Å². The van der Waals surface area contributed by atoms with Crippen LogP contribution in [0.25, 0.3) is 6.08 Å². The number of nitrogens with zero attached hydrogens (tertiary/aromatic N) is 2. The molecule has 0 radical (unpaired) electrons. The maximum atomic E-state index is 12.3. The lowest BCUT2D eigenvalue weighted by Gasteiger charge is -2.47. The van der Waals surface area contributed by atoms with E-state index in [-0.39, 0.29) is 17.5 Å². The van der Waals surface area contributed by atoms with Crippen molar-refractivity contribution >= 4 is 29.3 Å². The molecule has 0 saturated carbocycles. The number of nitrogens with one attached hydrogen (secondary N) is 2. The molecule has 184 valence electrons. The molecule has 2 aromatic rings. The van der Waals surface area contributed by atoms with E-state index >= 15 is 0 Å². The lowest BCUT2D eigenvalue weighted by molar-refractivity contribution is -0.384. The van der Waals surface area contributed by atoms with Crippen LogP contribution in [0.2, 0.25) is 0 Å². The number of nitro groups is 1. The molecule has 9 nitrogen and oxygen atoms in total. The molecule has 4 rings (SSSR count). The maximum absolute atomic E-state index is 12.3. The van der Waals surface area contributed by atoms with Crippen LogP contribution in [0.5, 0.6) is 5.75 Å². The Morgan fingerprint density at radius 3 is 2.60 bits per heavy atom. The number of carbonyl (C=O) groups is 2. The molecular weight excluding hydrogens is 448 g/mol. The second kappa shape index (κ2) is 9.40. The third-order valence-corrected chi connectivity index (χ3v) is 6.73. The van der Waals surface area contributed by atoms with E-state index in [4.69, 9.17) is 4.74 Å². The van der Waals surface area contributed by atoms with Gasteiger partial charge in [0, 0.05) is 56.4 Å². The van der Waals surface area contributed by atoms with Crippen LogP contribution >= 0.6 is 0 Å². The van der Waals surface area contributed by atoms with Crippen LogP contribution in [-0.2, 0) is 15.0 Å². The lowest BCUT2D eigenvalue weighted by Crippen LogP contribution is -2.59. The Balaban J connectivity index is 1.54. The lowest BCUT2D eigenvalue weighted by atomic mass is 9.76. The van der Waals surface area contributed by atoms with Gasteiger partial charge in [0.1, 0.15) is 5.75 Å². The summed E-state index contributed by atoms with van der Waals surface area (Å²) < 4.78 is 6.66. The fourth-order valence-electron chi connectivity index (χ4n) is 4.92. The first-order valence-corrected chi connectivity index (χ1v) is 11.7. The summed E-state index contributed by atoms with van der Waals surface area (Å²) in [4.78, 5) is 36.2. The highest BCUT2D eigenvalue weighted by Gasteiger charge is 2.58. The zero-order valence-corrected chi connectivity index (χ0v) is 20.2. The SMILES string of the molecule is CC(=O)NCCNC(=O)CCCN1c2ccccc2C(C)(C)C12C=Cc1cc([N+](=O)[O-])ccc1O2. The minimum absolute atomic E-state index is 0.0169. The van der Waals surface area contributed by atoms with E-state index in [2.05, 4.69) is 41.5 Å². The number of hydrogen-bond acceptors (Lipinski definition) is 6. The zero-order valence-electron chi connectivity index (χ0n) is 20.2. The van der Waals surface area contributed by atoms with Crippen LogP contribution in [0.1, 0.15) is 44.7 Å². The zero-order chi connectivity index (χ0) is 25.2. The van der Waals surface area contributed by atoms with E-state index in [1.165, 1.54) is 19.1 Å². The molecule has 0 fully saturated rings. The monoisotopic (exact) mass is 478 g/mol. The van der Waals surface area contributed by atoms with Gasteiger partial charge in [-0.05, 0) is 50.1 Å². The molecule has 2 aliphatic rings. The van der Waals surface area contributed by atoms with Crippen LogP contribution in [0.4, 0.5) is 11.4 Å². The van der Waals surface area contributed by atoms with Gasteiger partial charge in [0.2, 0.25) is 17.5 Å². The first kappa shape index (κ1) is 24.3. The number of rotatable bonds is 8. The number of non-ortho nitro benzene ring substituents is 1. The quantitative estimate of drug-likeness (QED) is 0.341. The smallest absolute Gasteiger partial charge is 0.270 e. The largest absolute Gasteiger partial charge is 0.463 e. The normalized spacial score (nSPS) is 19.0. The second-order valence-corrected chi connectivity index (χ2v) is 9.34. The van der Waals surface area contributed by atoms with Crippen molar-refractivity contribution in [2.45, 2.75) is 44.8 Å². The van der Waals surface area contributed by atoms with Gasteiger partial charge in [-0.3, -0.25) is 19.7 Å². The Morgan fingerprint density at radius 1 is 1.11 bits per heavy atom. The van der Waals surface area contributed by atoms with Gasteiger partial charge in [-0.25, -0.2) is 0 Å². The maximum Gasteiger partial charge on any atom is 0.270 e. The number of para-hydroxylation sites is 1. The molecule has 2 aliphatic heterocycles. The number of hydrogen-bond donors (Lipinski definition) is 2. The fourth-order valence-corrected chi connectivity index (χ4v) is 4.92. The van der Waals surface area contributed by atoms with E-state index in [1.807, 2.05) is 24.3 Å². The molecule has 0 saturated heterocycles. The van der Waals surface area contributed by atoms with Crippen LogP contribution in [0.15, 0.2) is 48.5 Å². The first-order chi connectivity index (χ1) is 16.7. The van der Waals surface area contributed by atoms with Crippen molar-refractivity contribution in [3.63, 3.8) is 0 Å². The third kappa shape index (κ3) is 4.45. The van der Waals surface area contributed by atoms with Gasteiger partial charge in [-0.1, -0.05) is 18.2 Å². The summed E-state index contributed by atoms with van der Waals surface area (Å²) in [6.07, 6.45) is 4.80. The summed E-state index contributed by atoms with van der Waals surface area (Å²) in [6, 6.07) is 12.8. The summed E-state index contributed by atoms with van der Waals surface area (Å²) in [5.41, 5.74) is 1.58.